The van der Waals surface area contributed by atoms with Crippen molar-refractivity contribution in [2.75, 3.05) is 26.3 Å². The lowest BCUT2D eigenvalue weighted by atomic mass is 10.1. The Morgan fingerprint density at radius 2 is 1.95 bits per heavy atom. The fourth-order valence-electron chi connectivity index (χ4n) is 1.89. The van der Waals surface area contributed by atoms with Gasteiger partial charge in [0.25, 0.3) is 10.2 Å². The predicted octanol–water partition coefficient (Wildman–Crippen LogP) is -0.155. The monoisotopic (exact) mass is 286 g/mol. The third-order valence-electron chi connectivity index (χ3n) is 2.94. The molecule has 1 saturated heterocycles. The van der Waals surface area contributed by atoms with Gasteiger partial charge < -0.3 is 9.84 Å². The summed E-state index contributed by atoms with van der Waals surface area (Å²) in [5, 5.41) is 9.03. The maximum absolute atomic E-state index is 12.0. The van der Waals surface area contributed by atoms with Crippen LogP contribution in [0.1, 0.15) is 11.1 Å². The summed E-state index contributed by atoms with van der Waals surface area (Å²) in [6.07, 6.45) is 0. The van der Waals surface area contributed by atoms with E-state index in [-0.39, 0.29) is 13.2 Å². The molecule has 0 bridgehead atoms. The summed E-state index contributed by atoms with van der Waals surface area (Å²) < 4.78 is 33.1. The molecule has 1 aromatic carbocycles. The van der Waals surface area contributed by atoms with Crippen molar-refractivity contribution in [1.29, 1.82) is 0 Å². The first-order chi connectivity index (χ1) is 9.12. The van der Waals surface area contributed by atoms with Crippen molar-refractivity contribution in [1.82, 2.24) is 9.03 Å². The number of hydrogen-bond acceptors (Lipinski definition) is 4. The Morgan fingerprint density at radius 1 is 1.26 bits per heavy atom. The summed E-state index contributed by atoms with van der Waals surface area (Å²) in [7, 11) is -3.46. The van der Waals surface area contributed by atoms with E-state index in [0.29, 0.717) is 26.3 Å². The Bertz CT molecular complexity index is 512. The first-order valence-corrected chi connectivity index (χ1v) is 7.57. The van der Waals surface area contributed by atoms with Gasteiger partial charge in [-0.15, -0.1) is 0 Å². The highest BCUT2D eigenvalue weighted by atomic mass is 32.2. The van der Waals surface area contributed by atoms with Crippen molar-refractivity contribution in [2.45, 2.75) is 13.2 Å². The molecule has 0 amide bonds. The fourth-order valence-corrected chi connectivity index (χ4v) is 3.05. The maximum Gasteiger partial charge on any atom is 0.279 e. The molecule has 0 aliphatic carbocycles. The van der Waals surface area contributed by atoms with E-state index in [2.05, 4.69) is 4.72 Å². The minimum atomic E-state index is -3.46. The highest BCUT2D eigenvalue weighted by Gasteiger charge is 2.23. The summed E-state index contributed by atoms with van der Waals surface area (Å²) in [5.74, 6) is 0. The Balaban J connectivity index is 1.96. The van der Waals surface area contributed by atoms with Crippen LogP contribution in [0.3, 0.4) is 0 Å². The average molecular weight is 286 g/mol. The number of ether oxygens (including phenoxy) is 1. The number of aliphatic hydroxyl groups is 1. The standard InChI is InChI=1S/C12H18N2O4S/c15-10-12-3-1-2-11(8-12)9-13-19(16,17)14-4-6-18-7-5-14/h1-3,8,13,15H,4-7,9-10H2. The molecule has 1 fully saturated rings. The largest absolute Gasteiger partial charge is 0.392 e. The van der Waals surface area contributed by atoms with Crippen LogP contribution >= 0.6 is 0 Å². The quantitative estimate of drug-likeness (QED) is 0.789. The van der Waals surface area contributed by atoms with Crippen LogP contribution in [0.2, 0.25) is 0 Å². The fraction of sp³-hybridized carbons (Fsp3) is 0.500. The lowest BCUT2D eigenvalue weighted by Gasteiger charge is -2.26. The number of rotatable bonds is 5. The van der Waals surface area contributed by atoms with Crippen LogP contribution in [0.5, 0.6) is 0 Å². The molecule has 0 radical (unpaired) electrons. The second-order valence-electron chi connectivity index (χ2n) is 4.32. The molecule has 106 valence electrons. The van der Waals surface area contributed by atoms with Gasteiger partial charge in [-0.1, -0.05) is 24.3 Å². The molecule has 1 heterocycles. The molecule has 0 unspecified atom stereocenters. The number of benzene rings is 1. The van der Waals surface area contributed by atoms with Crippen LogP contribution in [0.15, 0.2) is 24.3 Å². The number of morpholine rings is 1. The molecule has 7 heteroatoms. The first-order valence-electron chi connectivity index (χ1n) is 6.13. The zero-order valence-electron chi connectivity index (χ0n) is 10.6. The van der Waals surface area contributed by atoms with E-state index in [1.807, 2.05) is 6.07 Å². The van der Waals surface area contributed by atoms with Gasteiger partial charge in [0.15, 0.2) is 0 Å². The highest BCUT2D eigenvalue weighted by Crippen LogP contribution is 2.07. The topological polar surface area (TPSA) is 78.9 Å². The van der Waals surface area contributed by atoms with Crippen molar-refractivity contribution in [3.63, 3.8) is 0 Å². The van der Waals surface area contributed by atoms with Crippen molar-refractivity contribution < 1.29 is 18.3 Å². The molecular weight excluding hydrogens is 268 g/mol. The summed E-state index contributed by atoms with van der Waals surface area (Å²) in [6.45, 7) is 1.79. The molecule has 1 aliphatic rings. The van der Waals surface area contributed by atoms with Gasteiger partial charge in [0.1, 0.15) is 0 Å². The van der Waals surface area contributed by atoms with E-state index in [0.717, 1.165) is 11.1 Å². The molecule has 19 heavy (non-hydrogen) atoms. The number of aliphatic hydroxyl groups excluding tert-OH is 1. The second kappa shape index (κ2) is 6.44. The Hall–Kier alpha value is -0.990. The summed E-state index contributed by atoms with van der Waals surface area (Å²) in [6, 6.07) is 7.19. The maximum atomic E-state index is 12.0. The predicted molar refractivity (Wildman–Crippen MR) is 70.5 cm³/mol. The van der Waals surface area contributed by atoms with Gasteiger partial charge in [-0.25, -0.2) is 0 Å². The third-order valence-corrected chi connectivity index (χ3v) is 4.50. The van der Waals surface area contributed by atoms with Gasteiger partial charge in [-0.05, 0) is 11.1 Å². The Morgan fingerprint density at radius 3 is 2.63 bits per heavy atom. The lowest BCUT2D eigenvalue weighted by Crippen LogP contribution is -2.46. The highest BCUT2D eigenvalue weighted by molar-refractivity contribution is 7.87. The van der Waals surface area contributed by atoms with Gasteiger partial charge in [0.05, 0.1) is 19.8 Å². The average Bonchev–Trinajstić information content (AvgIpc) is 2.46. The molecule has 1 aliphatic heterocycles. The minimum Gasteiger partial charge on any atom is -0.392 e. The molecule has 0 spiro atoms. The van der Waals surface area contributed by atoms with Gasteiger partial charge in [-0.2, -0.15) is 17.4 Å². The van der Waals surface area contributed by atoms with Crippen molar-refractivity contribution >= 4 is 10.2 Å². The van der Waals surface area contributed by atoms with Crippen molar-refractivity contribution in [2.24, 2.45) is 0 Å². The number of nitrogens with zero attached hydrogens (tertiary/aromatic N) is 1. The van der Waals surface area contributed by atoms with Crippen LogP contribution in [0.25, 0.3) is 0 Å². The summed E-state index contributed by atoms with van der Waals surface area (Å²) in [4.78, 5) is 0. The molecule has 2 rings (SSSR count). The smallest absolute Gasteiger partial charge is 0.279 e. The van der Waals surface area contributed by atoms with Crippen LogP contribution in [-0.2, 0) is 28.1 Å². The van der Waals surface area contributed by atoms with E-state index >= 15 is 0 Å². The van der Waals surface area contributed by atoms with E-state index in [9.17, 15) is 8.42 Å². The molecule has 0 saturated carbocycles. The summed E-state index contributed by atoms with van der Waals surface area (Å²) >= 11 is 0. The molecule has 1 aromatic rings. The van der Waals surface area contributed by atoms with E-state index in [1.165, 1.54) is 4.31 Å². The summed E-state index contributed by atoms with van der Waals surface area (Å²) in [5.41, 5.74) is 1.59. The molecule has 0 atom stereocenters. The SMILES string of the molecule is O=S(=O)(NCc1cccc(CO)c1)N1CCOCC1. The van der Waals surface area contributed by atoms with Crippen molar-refractivity contribution in [3.8, 4) is 0 Å². The van der Waals surface area contributed by atoms with Crippen LogP contribution in [0, 0.1) is 0 Å². The molecule has 0 aromatic heterocycles. The van der Waals surface area contributed by atoms with E-state index in [4.69, 9.17) is 9.84 Å². The lowest BCUT2D eigenvalue weighted by molar-refractivity contribution is 0.0725. The second-order valence-corrected chi connectivity index (χ2v) is 6.07. The molecule has 6 nitrogen and oxygen atoms in total. The number of hydrogen-bond donors (Lipinski definition) is 2. The normalized spacial score (nSPS) is 17.5. The van der Waals surface area contributed by atoms with Gasteiger partial charge >= 0.3 is 0 Å². The molecular formula is C12H18N2O4S. The zero-order valence-corrected chi connectivity index (χ0v) is 11.4. The third kappa shape index (κ3) is 3.99. The van der Waals surface area contributed by atoms with Gasteiger partial charge in [0, 0.05) is 19.6 Å². The van der Waals surface area contributed by atoms with Crippen LogP contribution in [-0.4, -0.2) is 44.1 Å². The van der Waals surface area contributed by atoms with Crippen LogP contribution in [0.4, 0.5) is 0 Å². The molecule has 2 N–H and O–H groups in total. The minimum absolute atomic E-state index is 0.0515. The first kappa shape index (κ1) is 14.4. The van der Waals surface area contributed by atoms with Gasteiger partial charge in [-0.3, -0.25) is 0 Å². The van der Waals surface area contributed by atoms with Crippen LogP contribution < -0.4 is 4.72 Å². The number of nitrogens with one attached hydrogen (secondary N) is 1. The zero-order chi connectivity index (χ0) is 13.7. The van der Waals surface area contributed by atoms with E-state index in [1.54, 1.807) is 18.2 Å². The van der Waals surface area contributed by atoms with E-state index < -0.39 is 10.2 Å². The van der Waals surface area contributed by atoms with Crippen molar-refractivity contribution in [3.05, 3.63) is 35.4 Å². The Kier molecular flexibility index (Phi) is 4.89. The van der Waals surface area contributed by atoms with Gasteiger partial charge in [0.2, 0.25) is 0 Å². The Labute approximate surface area is 113 Å².